The van der Waals surface area contributed by atoms with Crippen LogP contribution >= 0.6 is 0 Å². The number of hydrogen-bond acceptors (Lipinski definition) is 1. The second-order valence-corrected chi connectivity index (χ2v) is 5.11. The standard InChI is InChI=1S/C13H15F3O/c1-8-5-6-9(11(17)13(14,15)16)7-10(8)12(2,3)4/h5-7H,1-4H3. The van der Waals surface area contributed by atoms with Crippen LogP contribution in [0.25, 0.3) is 0 Å². The molecule has 0 fully saturated rings. The molecular formula is C13H15F3O. The van der Waals surface area contributed by atoms with E-state index in [4.69, 9.17) is 0 Å². The predicted molar refractivity (Wildman–Crippen MR) is 60.3 cm³/mol. The zero-order chi connectivity index (χ0) is 13.4. The van der Waals surface area contributed by atoms with Gasteiger partial charge in [0, 0.05) is 5.56 Å². The molecule has 0 amide bonds. The van der Waals surface area contributed by atoms with Gasteiger partial charge in [0.25, 0.3) is 5.78 Å². The SMILES string of the molecule is Cc1ccc(C(=O)C(F)(F)F)cc1C(C)(C)C. The van der Waals surface area contributed by atoms with Gasteiger partial charge in [0.2, 0.25) is 0 Å². The molecule has 0 saturated carbocycles. The van der Waals surface area contributed by atoms with E-state index in [0.29, 0.717) is 0 Å². The lowest BCUT2D eigenvalue weighted by molar-refractivity contribution is -0.0885. The molecule has 0 aliphatic carbocycles. The summed E-state index contributed by atoms with van der Waals surface area (Å²) in [6.45, 7) is 7.52. The average molecular weight is 244 g/mol. The molecule has 0 saturated heterocycles. The van der Waals surface area contributed by atoms with Gasteiger partial charge in [0.1, 0.15) is 0 Å². The van der Waals surface area contributed by atoms with Gasteiger partial charge in [-0.3, -0.25) is 4.79 Å². The maximum atomic E-state index is 12.3. The third-order valence-corrected chi connectivity index (χ3v) is 2.57. The summed E-state index contributed by atoms with van der Waals surface area (Å²) in [6, 6.07) is 4.12. The fourth-order valence-corrected chi connectivity index (χ4v) is 1.73. The summed E-state index contributed by atoms with van der Waals surface area (Å²) >= 11 is 0. The minimum Gasteiger partial charge on any atom is -0.284 e. The number of carbonyl (C=O) groups is 1. The van der Waals surface area contributed by atoms with E-state index in [-0.39, 0.29) is 11.0 Å². The number of carbonyl (C=O) groups excluding carboxylic acids is 1. The van der Waals surface area contributed by atoms with E-state index in [1.165, 1.54) is 12.1 Å². The zero-order valence-electron chi connectivity index (χ0n) is 10.3. The molecule has 1 aromatic rings. The van der Waals surface area contributed by atoms with Crippen molar-refractivity contribution in [3.8, 4) is 0 Å². The van der Waals surface area contributed by atoms with Crippen LogP contribution in [0, 0.1) is 6.92 Å². The summed E-state index contributed by atoms with van der Waals surface area (Å²) in [5.41, 5.74) is 1.06. The lowest BCUT2D eigenvalue weighted by Crippen LogP contribution is -2.24. The van der Waals surface area contributed by atoms with Gasteiger partial charge >= 0.3 is 6.18 Å². The smallest absolute Gasteiger partial charge is 0.284 e. The van der Waals surface area contributed by atoms with Crippen LogP contribution in [0.5, 0.6) is 0 Å². The van der Waals surface area contributed by atoms with Gasteiger partial charge in [-0.05, 0) is 29.5 Å². The van der Waals surface area contributed by atoms with Crippen LogP contribution in [0.3, 0.4) is 0 Å². The molecule has 0 aliphatic rings. The van der Waals surface area contributed by atoms with Crippen molar-refractivity contribution >= 4 is 5.78 Å². The Kier molecular flexibility index (Phi) is 3.37. The summed E-state index contributed by atoms with van der Waals surface area (Å²) in [4.78, 5) is 11.1. The van der Waals surface area contributed by atoms with Crippen LogP contribution in [0.15, 0.2) is 18.2 Å². The van der Waals surface area contributed by atoms with Crippen LogP contribution in [0.2, 0.25) is 0 Å². The van der Waals surface area contributed by atoms with E-state index < -0.39 is 12.0 Å². The maximum Gasteiger partial charge on any atom is 0.454 e. The number of alkyl halides is 3. The Bertz CT molecular complexity index is 439. The number of ketones is 1. The summed E-state index contributed by atoms with van der Waals surface area (Å²) < 4.78 is 36.9. The van der Waals surface area contributed by atoms with E-state index >= 15 is 0 Å². The first-order valence-corrected chi connectivity index (χ1v) is 5.26. The Morgan fingerprint density at radius 1 is 1.12 bits per heavy atom. The van der Waals surface area contributed by atoms with Crippen molar-refractivity contribution < 1.29 is 18.0 Å². The molecule has 4 heteroatoms. The second kappa shape index (κ2) is 4.17. The number of hydrogen-bond donors (Lipinski definition) is 0. The Morgan fingerprint density at radius 2 is 1.65 bits per heavy atom. The van der Waals surface area contributed by atoms with Gasteiger partial charge in [-0.25, -0.2) is 0 Å². The summed E-state index contributed by atoms with van der Waals surface area (Å²) in [5, 5.41) is 0. The molecule has 0 bridgehead atoms. The molecule has 17 heavy (non-hydrogen) atoms. The van der Waals surface area contributed by atoms with E-state index in [2.05, 4.69) is 0 Å². The third kappa shape index (κ3) is 3.08. The molecule has 0 unspecified atom stereocenters. The highest BCUT2D eigenvalue weighted by atomic mass is 19.4. The summed E-state index contributed by atoms with van der Waals surface area (Å²) in [5.74, 6) is -1.79. The molecule has 0 radical (unpaired) electrons. The minimum absolute atomic E-state index is 0.286. The molecular weight excluding hydrogens is 229 g/mol. The van der Waals surface area contributed by atoms with Gasteiger partial charge < -0.3 is 0 Å². The van der Waals surface area contributed by atoms with Gasteiger partial charge in [0.05, 0.1) is 0 Å². The first-order valence-electron chi connectivity index (χ1n) is 5.26. The molecule has 0 heterocycles. The van der Waals surface area contributed by atoms with Crippen LogP contribution in [0.1, 0.15) is 42.3 Å². The van der Waals surface area contributed by atoms with Gasteiger partial charge in [0.15, 0.2) is 0 Å². The highest BCUT2D eigenvalue weighted by molar-refractivity contribution is 6.00. The first-order chi connectivity index (χ1) is 7.53. The summed E-state index contributed by atoms with van der Waals surface area (Å²) in [7, 11) is 0. The van der Waals surface area contributed by atoms with Crippen molar-refractivity contribution in [1.29, 1.82) is 0 Å². The lowest BCUT2D eigenvalue weighted by atomic mass is 9.83. The topological polar surface area (TPSA) is 17.1 Å². The molecule has 0 aliphatic heterocycles. The fourth-order valence-electron chi connectivity index (χ4n) is 1.73. The number of rotatable bonds is 1. The largest absolute Gasteiger partial charge is 0.454 e. The van der Waals surface area contributed by atoms with E-state index in [1.54, 1.807) is 6.07 Å². The molecule has 0 aromatic heterocycles. The normalized spacial score (nSPS) is 12.6. The van der Waals surface area contributed by atoms with Crippen molar-refractivity contribution in [1.82, 2.24) is 0 Å². The Labute approximate surface area is 98.6 Å². The highest BCUT2D eigenvalue weighted by Gasteiger charge is 2.39. The number of aryl methyl sites for hydroxylation is 1. The number of benzene rings is 1. The van der Waals surface area contributed by atoms with Crippen molar-refractivity contribution in [2.24, 2.45) is 0 Å². The second-order valence-electron chi connectivity index (χ2n) is 5.11. The Hall–Kier alpha value is -1.32. The molecule has 1 nitrogen and oxygen atoms in total. The Balaban J connectivity index is 3.28. The maximum absolute atomic E-state index is 12.3. The van der Waals surface area contributed by atoms with Crippen molar-refractivity contribution in [3.05, 3.63) is 34.9 Å². The summed E-state index contributed by atoms with van der Waals surface area (Å²) in [6.07, 6.45) is -4.82. The highest BCUT2D eigenvalue weighted by Crippen LogP contribution is 2.29. The molecule has 1 aromatic carbocycles. The number of halogens is 3. The monoisotopic (exact) mass is 244 g/mol. The van der Waals surface area contributed by atoms with Crippen LogP contribution in [0.4, 0.5) is 13.2 Å². The first kappa shape index (κ1) is 13.7. The lowest BCUT2D eigenvalue weighted by Gasteiger charge is -2.22. The Morgan fingerprint density at radius 3 is 2.06 bits per heavy atom. The molecule has 0 spiro atoms. The van der Waals surface area contributed by atoms with E-state index in [1.807, 2.05) is 27.7 Å². The number of Topliss-reactive ketones (excluding diaryl/α,β-unsaturated/α-hetero) is 1. The molecule has 0 atom stereocenters. The van der Waals surface area contributed by atoms with Crippen molar-refractivity contribution in [3.63, 3.8) is 0 Å². The van der Waals surface area contributed by atoms with E-state index in [9.17, 15) is 18.0 Å². The zero-order valence-corrected chi connectivity index (χ0v) is 10.3. The van der Waals surface area contributed by atoms with Gasteiger partial charge in [-0.2, -0.15) is 13.2 Å². The predicted octanol–water partition coefficient (Wildman–Crippen LogP) is 4.04. The molecule has 0 N–H and O–H groups in total. The van der Waals surface area contributed by atoms with Crippen molar-refractivity contribution in [2.75, 3.05) is 0 Å². The van der Waals surface area contributed by atoms with Crippen LogP contribution in [-0.2, 0) is 5.41 Å². The van der Waals surface area contributed by atoms with Crippen LogP contribution < -0.4 is 0 Å². The van der Waals surface area contributed by atoms with Gasteiger partial charge in [-0.15, -0.1) is 0 Å². The quantitative estimate of drug-likeness (QED) is 0.681. The third-order valence-electron chi connectivity index (χ3n) is 2.57. The minimum atomic E-state index is -4.82. The van der Waals surface area contributed by atoms with E-state index in [0.717, 1.165) is 11.1 Å². The fraction of sp³-hybridized carbons (Fsp3) is 0.462. The van der Waals surface area contributed by atoms with Crippen molar-refractivity contribution in [2.45, 2.75) is 39.3 Å². The van der Waals surface area contributed by atoms with Crippen LogP contribution in [-0.4, -0.2) is 12.0 Å². The van der Waals surface area contributed by atoms with Gasteiger partial charge in [-0.1, -0.05) is 32.9 Å². The average Bonchev–Trinajstić information content (AvgIpc) is 2.14. The molecule has 1 rings (SSSR count). The molecule has 94 valence electrons.